The van der Waals surface area contributed by atoms with Crippen LogP contribution in [0.15, 0.2) is 18.2 Å². The van der Waals surface area contributed by atoms with Crippen LogP contribution < -0.4 is 16.0 Å². The average Bonchev–Trinajstić information content (AvgIpc) is 2.34. The predicted molar refractivity (Wildman–Crippen MR) is 81.0 cm³/mol. The molecular formula is C16H28N2O. The number of aryl methyl sites for hydroxylation is 1. The van der Waals surface area contributed by atoms with Crippen LogP contribution in [0.25, 0.3) is 0 Å². The smallest absolute Gasteiger partial charge is 0.123 e. The summed E-state index contributed by atoms with van der Waals surface area (Å²) in [5.41, 5.74) is 5.57. The van der Waals surface area contributed by atoms with Crippen LogP contribution in [0.3, 0.4) is 0 Å². The number of nitrogens with two attached hydrogens (primary N) is 1. The Balaban J connectivity index is 3.00. The number of ether oxygens (including phenoxy) is 1. The summed E-state index contributed by atoms with van der Waals surface area (Å²) < 4.78 is 5.45. The fourth-order valence-corrected chi connectivity index (χ4v) is 2.12. The van der Waals surface area contributed by atoms with Gasteiger partial charge in [-0.05, 0) is 30.7 Å². The Morgan fingerprint density at radius 2 is 1.95 bits per heavy atom. The van der Waals surface area contributed by atoms with Crippen LogP contribution in [-0.4, -0.2) is 7.11 Å². The van der Waals surface area contributed by atoms with E-state index >= 15 is 0 Å². The molecule has 2 unspecified atom stereocenters. The molecule has 3 nitrogen and oxygen atoms in total. The summed E-state index contributed by atoms with van der Waals surface area (Å²) in [6.07, 6.45) is 0.986. The van der Waals surface area contributed by atoms with E-state index in [1.165, 1.54) is 5.56 Å². The molecule has 19 heavy (non-hydrogen) atoms. The molecule has 0 saturated heterocycles. The highest BCUT2D eigenvalue weighted by Gasteiger charge is 2.25. The number of hydrogen-bond acceptors (Lipinski definition) is 3. The van der Waals surface area contributed by atoms with Crippen molar-refractivity contribution in [3.8, 4) is 5.75 Å². The number of hydrazine groups is 1. The zero-order valence-electron chi connectivity index (χ0n) is 13.1. The monoisotopic (exact) mass is 264 g/mol. The Hall–Kier alpha value is -1.06. The van der Waals surface area contributed by atoms with Crippen LogP contribution in [0.1, 0.15) is 51.3 Å². The number of rotatable bonds is 5. The second-order valence-electron chi connectivity index (χ2n) is 6.47. The molecule has 1 aromatic rings. The molecule has 0 aliphatic heterocycles. The van der Waals surface area contributed by atoms with Gasteiger partial charge in [0.2, 0.25) is 0 Å². The molecule has 0 aliphatic rings. The van der Waals surface area contributed by atoms with E-state index < -0.39 is 0 Å². The molecule has 0 amide bonds. The second-order valence-corrected chi connectivity index (χ2v) is 6.47. The molecule has 0 aromatic heterocycles. The lowest BCUT2D eigenvalue weighted by Gasteiger charge is -2.31. The highest BCUT2D eigenvalue weighted by Crippen LogP contribution is 2.36. The van der Waals surface area contributed by atoms with E-state index in [2.05, 4.69) is 52.2 Å². The van der Waals surface area contributed by atoms with Crippen LogP contribution in [0, 0.1) is 18.3 Å². The van der Waals surface area contributed by atoms with Gasteiger partial charge in [-0.1, -0.05) is 45.4 Å². The van der Waals surface area contributed by atoms with Crippen molar-refractivity contribution in [3.05, 3.63) is 29.3 Å². The molecule has 0 radical (unpaired) electrons. The summed E-state index contributed by atoms with van der Waals surface area (Å²) in [4.78, 5) is 0. The highest BCUT2D eigenvalue weighted by atomic mass is 16.5. The van der Waals surface area contributed by atoms with Gasteiger partial charge in [-0.25, -0.2) is 0 Å². The lowest BCUT2D eigenvalue weighted by atomic mass is 9.77. The van der Waals surface area contributed by atoms with Crippen molar-refractivity contribution >= 4 is 0 Å². The maximum Gasteiger partial charge on any atom is 0.123 e. The number of benzene rings is 1. The van der Waals surface area contributed by atoms with Gasteiger partial charge in [0.1, 0.15) is 5.75 Å². The topological polar surface area (TPSA) is 47.3 Å². The van der Waals surface area contributed by atoms with Crippen molar-refractivity contribution in [1.82, 2.24) is 5.43 Å². The number of hydrogen-bond donors (Lipinski definition) is 2. The van der Waals surface area contributed by atoms with Gasteiger partial charge >= 0.3 is 0 Å². The van der Waals surface area contributed by atoms with Gasteiger partial charge in [-0.3, -0.25) is 11.3 Å². The third kappa shape index (κ3) is 4.22. The van der Waals surface area contributed by atoms with Gasteiger partial charge in [-0.2, -0.15) is 0 Å². The molecule has 1 aromatic carbocycles. The van der Waals surface area contributed by atoms with E-state index in [1.54, 1.807) is 7.11 Å². The second kappa shape index (κ2) is 6.40. The van der Waals surface area contributed by atoms with E-state index in [1.807, 2.05) is 6.07 Å². The van der Waals surface area contributed by atoms with Crippen molar-refractivity contribution in [1.29, 1.82) is 0 Å². The maximum absolute atomic E-state index is 5.76. The van der Waals surface area contributed by atoms with Gasteiger partial charge in [-0.15, -0.1) is 0 Å². The molecule has 1 rings (SSSR count). The minimum atomic E-state index is 0.115. The zero-order chi connectivity index (χ0) is 14.6. The molecular weight excluding hydrogens is 236 g/mol. The first-order valence-corrected chi connectivity index (χ1v) is 6.90. The first kappa shape index (κ1) is 16.0. The van der Waals surface area contributed by atoms with Gasteiger partial charge in [0, 0.05) is 11.6 Å². The normalized spacial score (nSPS) is 15.1. The quantitative estimate of drug-likeness (QED) is 0.631. The first-order chi connectivity index (χ1) is 8.79. The molecule has 0 aliphatic carbocycles. The van der Waals surface area contributed by atoms with E-state index in [0.29, 0.717) is 5.92 Å². The fourth-order valence-electron chi connectivity index (χ4n) is 2.12. The van der Waals surface area contributed by atoms with Crippen molar-refractivity contribution < 1.29 is 4.74 Å². The van der Waals surface area contributed by atoms with Crippen molar-refractivity contribution in [2.24, 2.45) is 17.2 Å². The molecule has 0 bridgehead atoms. The van der Waals surface area contributed by atoms with E-state index in [-0.39, 0.29) is 11.5 Å². The van der Waals surface area contributed by atoms with Crippen molar-refractivity contribution in [3.63, 3.8) is 0 Å². The predicted octanol–water partition coefficient (Wildman–Crippen LogP) is 3.58. The van der Waals surface area contributed by atoms with Crippen LogP contribution in [0.4, 0.5) is 0 Å². The van der Waals surface area contributed by atoms with Crippen LogP contribution in [0.5, 0.6) is 5.75 Å². The Morgan fingerprint density at radius 3 is 2.42 bits per heavy atom. The lowest BCUT2D eigenvalue weighted by Crippen LogP contribution is -2.32. The molecule has 0 fully saturated rings. The third-order valence-corrected chi connectivity index (χ3v) is 4.03. The van der Waals surface area contributed by atoms with E-state index in [4.69, 9.17) is 10.6 Å². The Morgan fingerprint density at radius 1 is 1.32 bits per heavy atom. The maximum atomic E-state index is 5.76. The molecule has 3 heteroatoms. The minimum absolute atomic E-state index is 0.115. The summed E-state index contributed by atoms with van der Waals surface area (Å²) in [5, 5.41) is 0. The fraction of sp³-hybridized carbons (Fsp3) is 0.625. The summed E-state index contributed by atoms with van der Waals surface area (Å²) in [6.45, 7) is 11.1. The molecule has 2 atom stereocenters. The molecule has 0 saturated carbocycles. The molecule has 0 heterocycles. The molecule has 3 N–H and O–H groups in total. The summed E-state index contributed by atoms with van der Waals surface area (Å²) >= 11 is 0. The minimum Gasteiger partial charge on any atom is -0.496 e. The van der Waals surface area contributed by atoms with Crippen LogP contribution in [-0.2, 0) is 0 Å². The molecule has 108 valence electrons. The van der Waals surface area contributed by atoms with Gasteiger partial charge in [0.25, 0.3) is 0 Å². The standard InChI is InChI=1S/C16H28N2O/c1-11-7-8-15(19-6)13(9-11)14(18-17)10-12(2)16(3,4)5/h7-9,12,14,18H,10,17H2,1-6H3. The van der Waals surface area contributed by atoms with Crippen LogP contribution in [0.2, 0.25) is 0 Å². The largest absolute Gasteiger partial charge is 0.496 e. The Kier molecular flexibility index (Phi) is 5.39. The van der Waals surface area contributed by atoms with E-state index in [9.17, 15) is 0 Å². The summed E-state index contributed by atoms with van der Waals surface area (Å²) in [7, 11) is 1.70. The van der Waals surface area contributed by atoms with Crippen molar-refractivity contribution in [2.75, 3.05) is 7.11 Å². The highest BCUT2D eigenvalue weighted by molar-refractivity contribution is 5.39. The average molecular weight is 264 g/mol. The summed E-state index contributed by atoms with van der Waals surface area (Å²) in [6, 6.07) is 6.34. The Bertz CT molecular complexity index is 410. The van der Waals surface area contributed by atoms with Crippen molar-refractivity contribution in [2.45, 2.75) is 47.1 Å². The number of methoxy groups -OCH3 is 1. The zero-order valence-corrected chi connectivity index (χ0v) is 13.1. The molecule has 0 spiro atoms. The first-order valence-electron chi connectivity index (χ1n) is 6.90. The Labute approximate surface area is 117 Å². The van der Waals surface area contributed by atoms with Gasteiger partial charge in [0.15, 0.2) is 0 Å². The lowest BCUT2D eigenvalue weighted by molar-refractivity contribution is 0.222. The van der Waals surface area contributed by atoms with Gasteiger partial charge < -0.3 is 4.74 Å². The summed E-state index contributed by atoms with van der Waals surface area (Å²) in [5.74, 6) is 7.22. The third-order valence-electron chi connectivity index (χ3n) is 4.03. The van der Waals surface area contributed by atoms with E-state index in [0.717, 1.165) is 17.7 Å². The van der Waals surface area contributed by atoms with Gasteiger partial charge in [0.05, 0.1) is 7.11 Å². The SMILES string of the molecule is COc1ccc(C)cc1C(CC(C)C(C)(C)C)NN. The van der Waals surface area contributed by atoms with Crippen LogP contribution >= 0.6 is 0 Å². The number of nitrogens with one attached hydrogen (secondary N) is 1.